The molecule has 0 bridgehead atoms. The molecule has 1 aromatic carbocycles. The molecule has 1 heterocycles. The van der Waals surface area contributed by atoms with Crippen molar-refractivity contribution in [1.29, 1.82) is 0 Å². The maximum absolute atomic E-state index is 12.4. The van der Waals surface area contributed by atoms with Crippen LogP contribution in [-0.4, -0.2) is 15.0 Å². The van der Waals surface area contributed by atoms with Gasteiger partial charge in [0, 0.05) is 17.7 Å². The van der Waals surface area contributed by atoms with Crippen LogP contribution in [-0.2, 0) is 16.6 Å². The first-order valence-corrected chi connectivity index (χ1v) is 7.81. The Hall–Kier alpha value is -2.07. The zero-order valence-corrected chi connectivity index (χ0v) is 12.4. The summed E-state index contributed by atoms with van der Waals surface area (Å²) in [5.74, 6) is 5.54. The van der Waals surface area contributed by atoms with Crippen molar-refractivity contribution in [1.82, 2.24) is 4.72 Å². The molecule has 0 fully saturated rings. The van der Waals surface area contributed by atoms with E-state index < -0.39 is 10.0 Å². The third kappa shape index (κ3) is 3.95. The quantitative estimate of drug-likeness (QED) is 0.836. The predicted molar refractivity (Wildman–Crippen MR) is 79.8 cm³/mol. The molecule has 0 amide bonds. The Bertz CT molecular complexity index is 769. The molecule has 0 saturated carbocycles. The van der Waals surface area contributed by atoms with E-state index in [2.05, 4.69) is 16.6 Å². The van der Waals surface area contributed by atoms with Crippen molar-refractivity contribution >= 4 is 10.0 Å². The molecule has 21 heavy (non-hydrogen) atoms. The van der Waals surface area contributed by atoms with Gasteiger partial charge in [-0.2, -0.15) is 0 Å². The Morgan fingerprint density at radius 2 is 2.14 bits per heavy atom. The lowest BCUT2D eigenvalue weighted by atomic mass is 10.1. The number of benzene rings is 1. The summed E-state index contributed by atoms with van der Waals surface area (Å²) in [6, 6.07) is 6.76. The second-order valence-corrected chi connectivity index (χ2v) is 6.18. The van der Waals surface area contributed by atoms with Crippen LogP contribution in [0, 0.1) is 18.8 Å². The summed E-state index contributed by atoms with van der Waals surface area (Å²) in [7, 11) is -3.61. The minimum Gasteiger partial charge on any atom is -0.472 e. The average Bonchev–Trinajstić information content (AvgIpc) is 2.97. The summed E-state index contributed by atoms with van der Waals surface area (Å²) >= 11 is 0. The number of hydrogen-bond acceptors (Lipinski definition) is 4. The molecule has 0 atom stereocenters. The number of hydrogen-bond donors (Lipinski definition) is 2. The molecular weight excluding hydrogens is 288 g/mol. The molecule has 6 heteroatoms. The van der Waals surface area contributed by atoms with E-state index in [1.807, 2.05) is 0 Å². The van der Waals surface area contributed by atoms with E-state index in [9.17, 15) is 8.42 Å². The fourth-order valence-electron chi connectivity index (χ4n) is 1.77. The van der Waals surface area contributed by atoms with Gasteiger partial charge in [0.25, 0.3) is 0 Å². The van der Waals surface area contributed by atoms with E-state index in [-0.39, 0.29) is 18.0 Å². The lowest BCUT2D eigenvalue weighted by molar-refractivity contribution is 0.561. The zero-order chi connectivity index (χ0) is 15.3. The Kier molecular flexibility index (Phi) is 4.81. The van der Waals surface area contributed by atoms with Gasteiger partial charge in [-0.25, -0.2) is 13.1 Å². The highest BCUT2D eigenvalue weighted by Crippen LogP contribution is 2.17. The van der Waals surface area contributed by atoms with Gasteiger partial charge >= 0.3 is 0 Å². The predicted octanol–water partition coefficient (Wildman–Crippen LogP) is 1.38. The molecule has 0 aliphatic rings. The first-order valence-electron chi connectivity index (χ1n) is 6.33. The fourth-order valence-corrected chi connectivity index (χ4v) is 3.06. The summed E-state index contributed by atoms with van der Waals surface area (Å²) < 4.78 is 32.2. The number of rotatable bonds is 4. The van der Waals surface area contributed by atoms with E-state index in [0.717, 1.165) is 5.56 Å². The Labute approximate surface area is 124 Å². The number of nitrogens with one attached hydrogen (secondary N) is 1. The van der Waals surface area contributed by atoms with Gasteiger partial charge in [-0.3, -0.25) is 0 Å². The van der Waals surface area contributed by atoms with Gasteiger partial charge < -0.3 is 10.2 Å². The largest absolute Gasteiger partial charge is 0.472 e. The lowest BCUT2D eigenvalue weighted by Gasteiger charge is -2.09. The molecule has 0 aliphatic heterocycles. The molecule has 0 unspecified atom stereocenters. The first-order chi connectivity index (χ1) is 10.0. The maximum atomic E-state index is 12.4. The molecule has 0 saturated heterocycles. The van der Waals surface area contributed by atoms with Crippen molar-refractivity contribution in [3.8, 4) is 11.8 Å². The van der Waals surface area contributed by atoms with Gasteiger partial charge in [0.1, 0.15) is 0 Å². The Balaban J connectivity index is 2.26. The number of nitrogens with two attached hydrogens (primary N) is 1. The second-order valence-electron chi connectivity index (χ2n) is 4.44. The van der Waals surface area contributed by atoms with Crippen LogP contribution in [0.15, 0.2) is 46.1 Å². The van der Waals surface area contributed by atoms with Crippen molar-refractivity contribution in [3.63, 3.8) is 0 Å². The lowest BCUT2D eigenvalue weighted by Crippen LogP contribution is -2.23. The van der Waals surface area contributed by atoms with Gasteiger partial charge in [0.15, 0.2) is 0 Å². The summed E-state index contributed by atoms with van der Waals surface area (Å²) in [6.45, 7) is 2.15. The smallest absolute Gasteiger partial charge is 0.241 e. The van der Waals surface area contributed by atoms with Crippen molar-refractivity contribution in [3.05, 3.63) is 53.5 Å². The molecule has 0 radical (unpaired) electrons. The first kappa shape index (κ1) is 15.3. The highest BCUT2D eigenvalue weighted by atomic mass is 32.2. The maximum Gasteiger partial charge on any atom is 0.241 e. The highest BCUT2D eigenvalue weighted by Gasteiger charge is 2.17. The third-order valence-corrected chi connectivity index (χ3v) is 4.40. The topological polar surface area (TPSA) is 85.3 Å². The Morgan fingerprint density at radius 1 is 1.33 bits per heavy atom. The van der Waals surface area contributed by atoms with Gasteiger partial charge in [0.2, 0.25) is 10.0 Å². The molecule has 2 rings (SSSR count). The monoisotopic (exact) mass is 304 g/mol. The molecule has 0 spiro atoms. The molecule has 3 N–H and O–H groups in total. The van der Waals surface area contributed by atoms with E-state index in [4.69, 9.17) is 10.2 Å². The molecular formula is C15H16N2O3S. The third-order valence-electron chi connectivity index (χ3n) is 2.86. The molecule has 5 nitrogen and oxygen atoms in total. The van der Waals surface area contributed by atoms with Gasteiger partial charge in [-0.15, -0.1) is 0 Å². The van der Waals surface area contributed by atoms with Crippen LogP contribution in [0.5, 0.6) is 0 Å². The van der Waals surface area contributed by atoms with E-state index >= 15 is 0 Å². The van der Waals surface area contributed by atoms with Crippen LogP contribution in [0.2, 0.25) is 0 Å². The number of aryl methyl sites for hydroxylation is 1. The standard InChI is InChI=1S/C15H16N2O3S/c1-12-4-5-13(3-2-7-16)9-15(12)21(18,19)17-10-14-6-8-20-11-14/h4-6,8-9,11,17H,7,10,16H2,1H3. The summed E-state index contributed by atoms with van der Waals surface area (Å²) in [5.41, 5.74) is 7.36. The molecule has 2 aromatic rings. The second kappa shape index (κ2) is 6.59. The average molecular weight is 304 g/mol. The summed E-state index contributed by atoms with van der Waals surface area (Å²) in [4.78, 5) is 0.217. The summed E-state index contributed by atoms with van der Waals surface area (Å²) in [6.07, 6.45) is 3.00. The SMILES string of the molecule is Cc1ccc(C#CCN)cc1S(=O)(=O)NCc1ccoc1. The Morgan fingerprint density at radius 3 is 2.81 bits per heavy atom. The fraction of sp³-hybridized carbons (Fsp3) is 0.200. The van der Waals surface area contributed by atoms with Crippen LogP contribution in [0.3, 0.4) is 0 Å². The van der Waals surface area contributed by atoms with Crippen LogP contribution in [0.1, 0.15) is 16.7 Å². The van der Waals surface area contributed by atoms with Gasteiger partial charge in [0.05, 0.1) is 24.0 Å². The van der Waals surface area contributed by atoms with Crippen molar-refractivity contribution in [2.45, 2.75) is 18.4 Å². The minimum absolute atomic E-state index is 0.178. The van der Waals surface area contributed by atoms with Crippen molar-refractivity contribution in [2.24, 2.45) is 5.73 Å². The van der Waals surface area contributed by atoms with Gasteiger partial charge in [-0.1, -0.05) is 17.9 Å². The molecule has 1 aromatic heterocycles. The highest BCUT2D eigenvalue weighted by molar-refractivity contribution is 7.89. The van der Waals surface area contributed by atoms with Crippen molar-refractivity contribution in [2.75, 3.05) is 6.54 Å². The molecule has 0 aliphatic carbocycles. The van der Waals surface area contributed by atoms with E-state index in [1.54, 1.807) is 31.2 Å². The zero-order valence-electron chi connectivity index (χ0n) is 11.6. The normalized spacial score (nSPS) is 11.0. The minimum atomic E-state index is -3.61. The van der Waals surface area contributed by atoms with Crippen LogP contribution in [0.25, 0.3) is 0 Å². The van der Waals surface area contributed by atoms with Crippen LogP contribution < -0.4 is 10.5 Å². The van der Waals surface area contributed by atoms with Crippen LogP contribution in [0.4, 0.5) is 0 Å². The molecule has 110 valence electrons. The van der Waals surface area contributed by atoms with E-state index in [1.165, 1.54) is 12.5 Å². The van der Waals surface area contributed by atoms with Crippen LogP contribution >= 0.6 is 0 Å². The number of furan rings is 1. The summed E-state index contributed by atoms with van der Waals surface area (Å²) in [5, 5.41) is 0. The number of sulfonamides is 1. The van der Waals surface area contributed by atoms with Gasteiger partial charge in [-0.05, 0) is 30.7 Å². The van der Waals surface area contributed by atoms with E-state index in [0.29, 0.717) is 11.1 Å². The van der Waals surface area contributed by atoms with Crippen molar-refractivity contribution < 1.29 is 12.8 Å².